The molecule has 4 aromatic rings. The number of amides is 1. The second kappa shape index (κ2) is 7.97. The molecule has 4 nitrogen and oxygen atoms in total. The zero-order valence-electron chi connectivity index (χ0n) is 15.5. The minimum atomic E-state index is -1.36. The third-order valence-corrected chi connectivity index (χ3v) is 5.54. The van der Waals surface area contributed by atoms with Crippen molar-refractivity contribution in [3.63, 3.8) is 0 Å². The lowest BCUT2D eigenvalue weighted by atomic mass is 10.1. The molecule has 0 aliphatic rings. The molecule has 10 heteroatoms. The number of nitrogens with zero attached hydrogens (tertiary/aromatic N) is 1. The van der Waals surface area contributed by atoms with Crippen LogP contribution in [0.5, 0.6) is 0 Å². The predicted molar refractivity (Wildman–Crippen MR) is 111 cm³/mol. The number of oxazole rings is 1. The average Bonchev–Trinajstić information content (AvgIpc) is 3.11. The zero-order chi connectivity index (χ0) is 22.4. The molecule has 1 aromatic heterocycles. The fraction of sp³-hybridized carbons (Fsp3) is 0.0476. The second-order valence-corrected chi connectivity index (χ2v) is 7.79. The Balaban J connectivity index is 1.75. The predicted octanol–water partition coefficient (Wildman–Crippen LogP) is 7.03. The highest BCUT2D eigenvalue weighted by Crippen LogP contribution is 2.34. The Morgan fingerprint density at radius 3 is 2.58 bits per heavy atom. The summed E-state index contributed by atoms with van der Waals surface area (Å²) in [5.41, 5.74) is 0.784. The number of hydrogen-bond donors (Lipinski definition) is 1. The number of hydrogen-bond acceptors (Lipinski definition) is 3. The van der Waals surface area contributed by atoms with E-state index in [2.05, 4.69) is 26.2 Å². The van der Waals surface area contributed by atoms with E-state index in [1.165, 1.54) is 6.07 Å². The Morgan fingerprint density at radius 2 is 1.84 bits per heavy atom. The highest BCUT2D eigenvalue weighted by Gasteiger charge is 2.21. The van der Waals surface area contributed by atoms with E-state index in [1.54, 1.807) is 6.92 Å². The van der Waals surface area contributed by atoms with E-state index < -0.39 is 34.2 Å². The van der Waals surface area contributed by atoms with Crippen LogP contribution in [0, 0.1) is 30.2 Å². The van der Waals surface area contributed by atoms with Crippen molar-refractivity contribution in [2.45, 2.75) is 6.92 Å². The molecule has 0 saturated heterocycles. The summed E-state index contributed by atoms with van der Waals surface area (Å²) in [5.74, 6) is -4.69. The number of carbonyl (C=O) groups is 1. The number of anilines is 1. The molecule has 0 saturated carbocycles. The Hall–Kier alpha value is -2.91. The average molecular weight is 514 g/mol. The molecule has 0 atom stereocenters. The smallest absolute Gasteiger partial charge is 0.257 e. The van der Waals surface area contributed by atoms with Crippen molar-refractivity contribution in [3.05, 3.63) is 80.3 Å². The summed E-state index contributed by atoms with van der Waals surface area (Å²) in [6, 6.07) is 6.52. The SMILES string of the molecule is Cc1c(NC(=O)c2ccc(F)c(F)c2Cl)cc(F)cc1-c1nc2cc(F)c(Br)cc2o1. The van der Waals surface area contributed by atoms with Gasteiger partial charge in [0.15, 0.2) is 17.2 Å². The van der Waals surface area contributed by atoms with Gasteiger partial charge in [0.25, 0.3) is 5.91 Å². The molecule has 1 N–H and O–H groups in total. The lowest BCUT2D eigenvalue weighted by Gasteiger charge is -2.12. The van der Waals surface area contributed by atoms with E-state index in [-0.39, 0.29) is 38.3 Å². The molecule has 0 radical (unpaired) electrons. The first-order chi connectivity index (χ1) is 14.7. The molecule has 0 aliphatic heterocycles. The van der Waals surface area contributed by atoms with Crippen LogP contribution in [0.1, 0.15) is 15.9 Å². The van der Waals surface area contributed by atoms with E-state index in [0.717, 1.165) is 30.3 Å². The molecular formula is C21H10BrClF4N2O2. The maximum Gasteiger partial charge on any atom is 0.257 e. The van der Waals surface area contributed by atoms with E-state index in [0.29, 0.717) is 5.56 Å². The van der Waals surface area contributed by atoms with Gasteiger partial charge in [0, 0.05) is 23.4 Å². The molecule has 1 heterocycles. The summed E-state index contributed by atoms with van der Waals surface area (Å²) in [4.78, 5) is 16.7. The van der Waals surface area contributed by atoms with Crippen LogP contribution in [0.2, 0.25) is 5.02 Å². The molecule has 0 bridgehead atoms. The summed E-state index contributed by atoms with van der Waals surface area (Å²) < 4.78 is 60.8. The van der Waals surface area contributed by atoms with Crippen LogP contribution in [-0.2, 0) is 0 Å². The number of carbonyl (C=O) groups excluding carboxylic acids is 1. The Morgan fingerprint density at radius 1 is 1.10 bits per heavy atom. The Labute approximate surface area is 186 Å². The van der Waals surface area contributed by atoms with Gasteiger partial charge in [-0.1, -0.05) is 11.6 Å². The Bertz CT molecular complexity index is 1330. The van der Waals surface area contributed by atoms with Gasteiger partial charge in [-0.15, -0.1) is 0 Å². The first-order valence-electron chi connectivity index (χ1n) is 8.66. The van der Waals surface area contributed by atoms with Crippen LogP contribution in [0.4, 0.5) is 23.2 Å². The fourth-order valence-electron chi connectivity index (χ4n) is 2.96. The third kappa shape index (κ3) is 3.90. The van der Waals surface area contributed by atoms with Gasteiger partial charge >= 0.3 is 0 Å². The monoisotopic (exact) mass is 512 g/mol. The number of benzene rings is 3. The van der Waals surface area contributed by atoms with E-state index >= 15 is 0 Å². The van der Waals surface area contributed by atoms with Gasteiger partial charge in [-0.25, -0.2) is 22.5 Å². The lowest BCUT2D eigenvalue weighted by molar-refractivity contribution is 0.102. The number of nitrogens with one attached hydrogen (secondary N) is 1. The number of fused-ring (bicyclic) bond motifs is 1. The summed E-state index contributed by atoms with van der Waals surface area (Å²) in [5, 5.41) is 1.73. The molecule has 158 valence electrons. The van der Waals surface area contributed by atoms with Crippen LogP contribution in [0.3, 0.4) is 0 Å². The molecule has 0 spiro atoms. The summed E-state index contributed by atoms with van der Waals surface area (Å²) in [6.07, 6.45) is 0. The van der Waals surface area contributed by atoms with Gasteiger partial charge in [0.05, 0.1) is 15.1 Å². The number of halogens is 6. The van der Waals surface area contributed by atoms with Gasteiger partial charge in [-0.2, -0.15) is 0 Å². The van der Waals surface area contributed by atoms with Gasteiger partial charge in [-0.05, 0) is 52.7 Å². The van der Waals surface area contributed by atoms with Gasteiger partial charge in [0.1, 0.15) is 17.2 Å². The first kappa shape index (κ1) is 21.3. The quantitative estimate of drug-likeness (QED) is 0.236. The van der Waals surface area contributed by atoms with Crippen LogP contribution >= 0.6 is 27.5 Å². The topological polar surface area (TPSA) is 55.1 Å². The normalized spacial score (nSPS) is 11.2. The van der Waals surface area contributed by atoms with E-state index in [1.807, 2.05) is 0 Å². The van der Waals surface area contributed by atoms with Gasteiger partial charge in [0.2, 0.25) is 5.89 Å². The van der Waals surface area contributed by atoms with Crippen LogP contribution in [-0.4, -0.2) is 10.9 Å². The van der Waals surface area contributed by atoms with Crippen molar-refractivity contribution in [1.29, 1.82) is 0 Å². The maximum absolute atomic E-state index is 14.3. The third-order valence-electron chi connectivity index (χ3n) is 4.56. The highest BCUT2D eigenvalue weighted by atomic mass is 79.9. The molecule has 0 aliphatic carbocycles. The lowest BCUT2D eigenvalue weighted by Crippen LogP contribution is -2.14. The zero-order valence-corrected chi connectivity index (χ0v) is 17.8. The molecular weight excluding hydrogens is 504 g/mol. The van der Waals surface area contributed by atoms with Crippen molar-refractivity contribution in [2.24, 2.45) is 0 Å². The van der Waals surface area contributed by atoms with Crippen molar-refractivity contribution >= 4 is 50.2 Å². The number of aromatic nitrogens is 1. The van der Waals surface area contributed by atoms with Crippen molar-refractivity contribution in [1.82, 2.24) is 4.98 Å². The Kier molecular flexibility index (Phi) is 5.49. The molecule has 0 unspecified atom stereocenters. The molecule has 3 aromatic carbocycles. The second-order valence-electron chi connectivity index (χ2n) is 6.56. The molecule has 1 amide bonds. The number of rotatable bonds is 3. The van der Waals surface area contributed by atoms with E-state index in [9.17, 15) is 22.4 Å². The fourth-order valence-corrected chi connectivity index (χ4v) is 3.52. The highest BCUT2D eigenvalue weighted by molar-refractivity contribution is 9.10. The largest absolute Gasteiger partial charge is 0.436 e. The van der Waals surface area contributed by atoms with Crippen molar-refractivity contribution < 1.29 is 26.8 Å². The van der Waals surface area contributed by atoms with Crippen LogP contribution in [0.25, 0.3) is 22.6 Å². The van der Waals surface area contributed by atoms with Crippen LogP contribution < -0.4 is 5.32 Å². The minimum absolute atomic E-state index is 0.00542. The minimum Gasteiger partial charge on any atom is -0.436 e. The summed E-state index contributed by atoms with van der Waals surface area (Å²) in [7, 11) is 0. The van der Waals surface area contributed by atoms with Gasteiger partial charge < -0.3 is 9.73 Å². The van der Waals surface area contributed by atoms with Crippen molar-refractivity contribution in [2.75, 3.05) is 5.32 Å². The maximum atomic E-state index is 14.3. The van der Waals surface area contributed by atoms with Crippen molar-refractivity contribution in [3.8, 4) is 11.5 Å². The summed E-state index contributed by atoms with van der Waals surface area (Å²) >= 11 is 8.77. The van der Waals surface area contributed by atoms with Gasteiger partial charge in [-0.3, -0.25) is 4.79 Å². The summed E-state index contributed by atoms with van der Waals surface area (Å²) in [6.45, 7) is 1.57. The first-order valence-corrected chi connectivity index (χ1v) is 9.83. The standard InChI is InChI=1S/C21H10BrClF4N2O2/c1-8-11(21-29-16-7-14(26)12(22)6-17(16)31-21)4-9(24)5-15(8)28-20(30)10-2-3-13(25)19(27)18(10)23/h2-7H,1H3,(H,28,30). The molecule has 31 heavy (non-hydrogen) atoms. The van der Waals surface area contributed by atoms with E-state index in [4.69, 9.17) is 16.0 Å². The van der Waals surface area contributed by atoms with Crippen LogP contribution in [0.15, 0.2) is 45.3 Å². The molecule has 4 rings (SSSR count). The molecule has 0 fully saturated rings.